The molecule has 8 heteroatoms. The highest BCUT2D eigenvalue weighted by molar-refractivity contribution is 6.32. The number of nitrogens with two attached hydrogens (primary N) is 1. The van der Waals surface area contributed by atoms with Gasteiger partial charge < -0.3 is 25.4 Å². The molecule has 1 fully saturated rings. The quantitative estimate of drug-likeness (QED) is 0.704. The lowest BCUT2D eigenvalue weighted by Gasteiger charge is -2.36. The van der Waals surface area contributed by atoms with Gasteiger partial charge in [-0.2, -0.15) is 0 Å². The van der Waals surface area contributed by atoms with Crippen molar-refractivity contribution in [2.75, 3.05) is 26.3 Å². The summed E-state index contributed by atoms with van der Waals surface area (Å²) in [6.07, 6.45) is 3.58. The summed E-state index contributed by atoms with van der Waals surface area (Å²) in [7, 11) is 0. The Hall–Kier alpha value is -2.15. The number of likely N-dealkylation sites (tertiary alicyclic amines) is 1. The molecule has 7 nitrogen and oxygen atoms in total. The fourth-order valence-electron chi connectivity index (χ4n) is 3.16. The van der Waals surface area contributed by atoms with Crippen LogP contribution < -0.4 is 20.5 Å². The van der Waals surface area contributed by atoms with E-state index in [-0.39, 0.29) is 11.9 Å². The van der Waals surface area contributed by atoms with Crippen LogP contribution in [0.5, 0.6) is 11.5 Å². The second-order valence-electron chi connectivity index (χ2n) is 6.46. The highest BCUT2D eigenvalue weighted by Gasteiger charge is 2.29. The lowest BCUT2D eigenvalue weighted by molar-refractivity contribution is 0.0614. The van der Waals surface area contributed by atoms with E-state index in [1.165, 1.54) is 0 Å². The summed E-state index contributed by atoms with van der Waals surface area (Å²) in [5, 5.41) is 2.95. The molecule has 0 spiro atoms. The molecule has 2 rings (SSSR count). The zero-order valence-corrected chi connectivity index (χ0v) is 16.7. The number of carbonyl (C=O) groups is 2. The third kappa shape index (κ3) is 5.66. The Morgan fingerprint density at radius 1 is 1.30 bits per heavy atom. The molecule has 0 unspecified atom stereocenters. The standard InChI is InChI=1S/C19H28ClN3O4/c1-3-9-27-17-15(20)10-13(11-16(17)26-4-2)18(24)23-8-6-5-7-14(23)12-22-19(21)25/h10-11,14H,3-9,12H2,1-2H3,(H3,21,22,25)/t14-/m1/s1. The van der Waals surface area contributed by atoms with Gasteiger partial charge in [-0.15, -0.1) is 0 Å². The van der Waals surface area contributed by atoms with Crippen molar-refractivity contribution in [1.82, 2.24) is 10.2 Å². The minimum absolute atomic E-state index is 0.0934. The molecule has 0 aliphatic carbocycles. The highest BCUT2D eigenvalue weighted by atomic mass is 35.5. The average molecular weight is 398 g/mol. The van der Waals surface area contributed by atoms with Gasteiger partial charge in [0.2, 0.25) is 0 Å². The molecule has 27 heavy (non-hydrogen) atoms. The number of hydrogen-bond donors (Lipinski definition) is 2. The Morgan fingerprint density at radius 3 is 2.74 bits per heavy atom. The summed E-state index contributed by atoms with van der Waals surface area (Å²) in [6.45, 7) is 5.78. The van der Waals surface area contributed by atoms with Crippen LogP contribution in [-0.2, 0) is 0 Å². The van der Waals surface area contributed by atoms with Gasteiger partial charge in [-0.05, 0) is 44.7 Å². The molecule has 1 atom stereocenters. The molecule has 0 radical (unpaired) electrons. The molecule has 0 bridgehead atoms. The Morgan fingerprint density at radius 2 is 2.07 bits per heavy atom. The van der Waals surface area contributed by atoms with Gasteiger partial charge in [-0.1, -0.05) is 18.5 Å². The Balaban J connectivity index is 2.26. The van der Waals surface area contributed by atoms with Crippen LogP contribution in [0.4, 0.5) is 4.79 Å². The fraction of sp³-hybridized carbons (Fsp3) is 0.579. The maximum Gasteiger partial charge on any atom is 0.312 e. The van der Waals surface area contributed by atoms with Crippen LogP contribution >= 0.6 is 11.6 Å². The number of nitrogens with one attached hydrogen (secondary N) is 1. The number of ether oxygens (including phenoxy) is 2. The van der Waals surface area contributed by atoms with E-state index in [4.69, 9.17) is 26.8 Å². The van der Waals surface area contributed by atoms with Crippen molar-refractivity contribution in [2.24, 2.45) is 5.73 Å². The van der Waals surface area contributed by atoms with Crippen molar-refractivity contribution < 1.29 is 19.1 Å². The van der Waals surface area contributed by atoms with Crippen molar-refractivity contribution in [1.29, 1.82) is 0 Å². The maximum absolute atomic E-state index is 13.1. The zero-order chi connectivity index (χ0) is 19.8. The molecule has 3 amide bonds. The first-order valence-corrected chi connectivity index (χ1v) is 9.79. The van der Waals surface area contributed by atoms with E-state index >= 15 is 0 Å². The molecule has 150 valence electrons. The Labute approximate surface area is 165 Å². The summed E-state index contributed by atoms with van der Waals surface area (Å²) >= 11 is 6.38. The third-order valence-electron chi connectivity index (χ3n) is 4.41. The second-order valence-corrected chi connectivity index (χ2v) is 6.87. The number of benzene rings is 1. The van der Waals surface area contributed by atoms with Crippen LogP contribution in [-0.4, -0.2) is 49.2 Å². The average Bonchev–Trinajstić information content (AvgIpc) is 2.65. The maximum atomic E-state index is 13.1. The van der Waals surface area contributed by atoms with Gasteiger partial charge in [-0.25, -0.2) is 4.79 Å². The lowest BCUT2D eigenvalue weighted by Crippen LogP contribution is -2.50. The van der Waals surface area contributed by atoms with Crippen molar-refractivity contribution in [3.63, 3.8) is 0 Å². The molecule has 1 aliphatic rings. The number of halogens is 1. The van der Waals surface area contributed by atoms with Gasteiger partial charge in [0.05, 0.1) is 18.2 Å². The second kappa shape index (κ2) is 10.3. The SMILES string of the molecule is CCCOc1c(Cl)cc(C(=O)N2CCCC[C@@H]2CNC(N)=O)cc1OCC. The van der Waals surface area contributed by atoms with Crippen molar-refractivity contribution in [3.8, 4) is 11.5 Å². The Bertz CT molecular complexity index is 669. The van der Waals surface area contributed by atoms with E-state index < -0.39 is 6.03 Å². The van der Waals surface area contributed by atoms with Crippen LogP contribution in [0.25, 0.3) is 0 Å². The first-order valence-electron chi connectivity index (χ1n) is 9.41. The van der Waals surface area contributed by atoms with Gasteiger partial charge in [-0.3, -0.25) is 4.79 Å². The van der Waals surface area contributed by atoms with E-state index in [0.29, 0.717) is 48.4 Å². The monoisotopic (exact) mass is 397 g/mol. The van der Waals surface area contributed by atoms with E-state index in [2.05, 4.69) is 5.32 Å². The van der Waals surface area contributed by atoms with Crippen molar-refractivity contribution >= 4 is 23.5 Å². The van der Waals surface area contributed by atoms with Gasteiger partial charge in [0.25, 0.3) is 5.91 Å². The third-order valence-corrected chi connectivity index (χ3v) is 4.69. The van der Waals surface area contributed by atoms with Crippen molar-refractivity contribution in [3.05, 3.63) is 22.7 Å². The summed E-state index contributed by atoms with van der Waals surface area (Å²) in [5.74, 6) is 0.781. The Kier molecular flexibility index (Phi) is 8.03. The topological polar surface area (TPSA) is 93.9 Å². The summed E-state index contributed by atoms with van der Waals surface area (Å²) in [6, 6.07) is 2.61. The zero-order valence-electron chi connectivity index (χ0n) is 15.9. The molecule has 0 saturated carbocycles. The highest BCUT2D eigenvalue weighted by Crippen LogP contribution is 2.37. The number of urea groups is 1. The van der Waals surface area contributed by atoms with Gasteiger partial charge in [0, 0.05) is 24.7 Å². The van der Waals surface area contributed by atoms with Crippen LogP contribution in [0, 0.1) is 0 Å². The van der Waals surface area contributed by atoms with Gasteiger partial charge >= 0.3 is 6.03 Å². The first-order chi connectivity index (χ1) is 13.0. The van der Waals surface area contributed by atoms with Gasteiger partial charge in [0.1, 0.15) is 0 Å². The minimum Gasteiger partial charge on any atom is -0.490 e. The van der Waals surface area contributed by atoms with E-state index in [0.717, 1.165) is 25.7 Å². The number of rotatable bonds is 8. The van der Waals surface area contributed by atoms with Crippen LogP contribution in [0.15, 0.2) is 12.1 Å². The normalized spacial score (nSPS) is 16.7. The number of nitrogens with zero attached hydrogens (tertiary/aromatic N) is 1. The molecule has 1 saturated heterocycles. The van der Waals surface area contributed by atoms with Crippen molar-refractivity contribution in [2.45, 2.75) is 45.6 Å². The largest absolute Gasteiger partial charge is 0.490 e. The predicted octanol–water partition coefficient (Wildman–Crippen LogP) is 3.19. The summed E-state index contributed by atoms with van der Waals surface area (Å²) in [5.41, 5.74) is 5.61. The lowest BCUT2D eigenvalue weighted by atomic mass is 10.0. The number of primary amides is 1. The van der Waals surface area contributed by atoms with E-state index in [1.54, 1.807) is 17.0 Å². The van der Waals surface area contributed by atoms with Crippen LogP contribution in [0.2, 0.25) is 5.02 Å². The molecular formula is C19H28ClN3O4. The number of hydrogen-bond acceptors (Lipinski definition) is 4. The molecular weight excluding hydrogens is 370 g/mol. The predicted molar refractivity (Wildman–Crippen MR) is 105 cm³/mol. The number of amides is 3. The molecule has 1 aromatic rings. The first kappa shape index (κ1) is 21.2. The number of piperidine rings is 1. The fourth-order valence-corrected chi connectivity index (χ4v) is 3.43. The van der Waals surface area contributed by atoms with Gasteiger partial charge in [0.15, 0.2) is 11.5 Å². The van der Waals surface area contributed by atoms with E-state index in [9.17, 15) is 9.59 Å². The van der Waals surface area contributed by atoms with E-state index in [1.807, 2.05) is 13.8 Å². The smallest absolute Gasteiger partial charge is 0.312 e. The molecule has 0 aromatic heterocycles. The van der Waals surface area contributed by atoms with Crippen LogP contribution in [0.3, 0.4) is 0 Å². The summed E-state index contributed by atoms with van der Waals surface area (Å²) in [4.78, 5) is 25.9. The number of carbonyl (C=O) groups excluding carboxylic acids is 2. The molecule has 3 N–H and O–H groups in total. The summed E-state index contributed by atoms with van der Waals surface area (Å²) < 4.78 is 11.3. The minimum atomic E-state index is -0.591. The van der Waals surface area contributed by atoms with Crippen LogP contribution in [0.1, 0.15) is 49.9 Å². The molecule has 1 aliphatic heterocycles. The molecule has 1 heterocycles. The molecule has 1 aromatic carbocycles.